The van der Waals surface area contributed by atoms with Crippen LogP contribution in [0.4, 0.5) is 0 Å². The van der Waals surface area contributed by atoms with E-state index in [1.165, 1.54) is 12.1 Å². The quantitative estimate of drug-likeness (QED) is 0.820. The number of rotatable bonds is 5. The van der Waals surface area contributed by atoms with E-state index in [9.17, 15) is 8.42 Å². The summed E-state index contributed by atoms with van der Waals surface area (Å²) < 4.78 is 31.2. The molecule has 0 aliphatic heterocycles. The van der Waals surface area contributed by atoms with Gasteiger partial charge in [0.2, 0.25) is 15.9 Å². The molecule has 0 spiro atoms. The van der Waals surface area contributed by atoms with Gasteiger partial charge in [-0.2, -0.15) is 4.98 Å². The van der Waals surface area contributed by atoms with Crippen molar-refractivity contribution in [2.75, 3.05) is 0 Å². The molecule has 1 heterocycles. The Hall–Kier alpha value is -1.77. The first-order chi connectivity index (χ1) is 9.01. The number of nitrogens with one attached hydrogen (secondary N) is 1. The van der Waals surface area contributed by atoms with Gasteiger partial charge in [-0.1, -0.05) is 17.3 Å². The van der Waals surface area contributed by atoms with Crippen molar-refractivity contribution in [3.05, 3.63) is 41.5 Å². The van der Waals surface area contributed by atoms with Crippen LogP contribution in [0.5, 0.6) is 0 Å². The molecular weight excluding hydrogens is 270 g/mol. The molecule has 0 unspecified atom stereocenters. The van der Waals surface area contributed by atoms with Crippen molar-refractivity contribution in [1.29, 1.82) is 0 Å². The van der Waals surface area contributed by atoms with Gasteiger partial charge in [-0.25, -0.2) is 13.1 Å². The molecule has 7 nitrogen and oxygen atoms in total. The summed E-state index contributed by atoms with van der Waals surface area (Å²) in [6.45, 7) is 1.35. The first-order valence-corrected chi connectivity index (χ1v) is 6.98. The van der Waals surface area contributed by atoms with Crippen molar-refractivity contribution in [3.63, 3.8) is 0 Å². The highest BCUT2D eigenvalue weighted by Gasteiger charge is 2.15. The largest absolute Gasteiger partial charge is 0.392 e. The predicted molar refractivity (Wildman–Crippen MR) is 65.4 cm³/mol. The molecule has 102 valence electrons. The second-order valence-electron chi connectivity index (χ2n) is 3.87. The molecule has 0 radical (unpaired) electrons. The molecule has 0 bridgehead atoms. The Balaban J connectivity index is 2.13. The minimum Gasteiger partial charge on any atom is -0.392 e. The third kappa shape index (κ3) is 3.37. The number of aliphatic hydroxyl groups is 1. The SMILES string of the molecule is Cc1noc(CNS(=O)(=O)c2cccc(CO)c2)n1. The van der Waals surface area contributed by atoms with E-state index in [2.05, 4.69) is 14.9 Å². The van der Waals surface area contributed by atoms with Crippen LogP contribution >= 0.6 is 0 Å². The Kier molecular flexibility index (Phi) is 3.93. The van der Waals surface area contributed by atoms with E-state index in [1.54, 1.807) is 19.1 Å². The highest BCUT2D eigenvalue weighted by Crippen LogP contribution is 2.12. The average molecular weight is 283 g/mol. The highest BCUT2D eigenvalue weighted by atomic mass is 32.2. The second-order valence-corrected chi connectivity index (χ2v) is 5.63. The zero-order valence-electron chi connectivity index (χ0n) is 10.2. The molecule has 0 amide bonds. The van der Waals surface area contributed by atoms with E-state index in [-0.39, 0.29) is 23.9 Å². The number of aliphatic hydroxyl groups excluding tert-OH is 1. The molecule has 1 aromatic heterocycles. The van der Waals surface area contributed by atoms with Crippen LogP contribution in [0.3, 0.4) is 0 Å². The van der Waals surface area contributed by atoms with E-state index in [4.69, 9.17) is 9.63 Å². The van der Waals surface area contributed by atoms with Crippen molar-refractivity contribution in [3.8, 4) is 0 Å². The highest BCUT2D eigenvalue weighted by molar-refractivity contribution is 7.89. The maximum atomic E-state index is 12.0. The number of sulfonamides is 1. The Morgan fingerprint density at radius 3 is 2.84 bits per heavy atom. The normalized spacial score (nSPS) is 11.7. The van der Waals surface area contributed by atoms with E-state index in [0.717, 1.165) is 0 Å². The maximum absolute atomic E-state index is 12.0. The Labute approximate surface area is 110 Å². The van der Waals surface area contributed by atoms with Crippen molar-refractivity contribution in [2.24, 2.45) is 0 Å². The van der Waals surface area contributed by atoms with Crippen LogP contribution in [0.2, 0.25) is 0 Å². The van der Waals surface area contributed by atoms with Crippen LogP contribution in [-0.2, 0) is 23.2 Å². The molecule has 2 N–H and O–H groups in total. The lowest BCUT2D eigenvalue weighted by Crippen LogP contribution is -2.23. The summed E-state index contributed by atoms with van der Waals surface area (Å²) in [6.07, 6.45) is 0. The van der Waals surface area contributed by atoms with E-state index >= 15 is 0 Å². The third-order valence-electron chi connectivity index (χ3n) is 2.37. The van der Waals surface area contributed by atoms with Crippen LogP contribution in [0.15, 0.2) is 33.7 Å². The lowest BCUT2D eigenvalue weighted by atomic mass is 10.2. The van der Waals surface area contributed by atoms with Crippen molar-refractivity contribution >= 4 is 10.0 Å². The monoisotopic (exact) mass is 283 g/mol. The predicted octanol–water partition coefficient (Wildman–Crippen LogP) is 0.349. The van der Waals surface area contributed by atoms with E-state index < -0.39 is 10.0 Å². The number of benzene rings is 1. The smallest absolute Gasteiger partial charge is 0.241 e. The van der Waals surface area contributed by atoms with Gasteiger partial charge in [0.05, 0.1) is 18.0 Å². The second kappa shape index (κ2) is 5.47. The first-order valence-electron chi connectivity index (χ1n) is 5.50. The van der Waals surface area contributed by atoms with Gasteiger partial charge in [0.15, 0.2) is 5.82 Å². The lowest BCUT2D eigenvalue weighted by molar-refractivity contribution is 0.281. The molecule has 0 fully saturated rings. The average Bonchev–Trinajstić information content (AvgIpc) is 2.82. The minimum absolute atomic E-state index is 0.0769. The molecule has 8 heteroatoms. The Morgan fingerprint density at radius 2 is 2.21 bits per heavy atom. The number of nitrogens with zero attached hydrogens (tertiary/aromatic N) is 2. The number of hydrogen-bond donors (Lipinski definition) is 2. The van der Waals surface area contributed by atoms with Gasteiger partial charge in [-0.05, 0) is 24.6 Å². The summed E-state index contributed by atoms with van der Waals surface area (Å²) in [5.74, 6) is 0.635. The zero-order chi connectivity index (χ0) is 13.9. The van der Waals surface area contributed by atoms with Gasteiger partial charge in [0.25, 0.3) is 0 Å². The summed E-state index contributed by atoms with van der Waals surface area (Å²) in [5, 5.41) is 12.6. The van der Waals surface area contributed by atoms with Gasteiger partial charge in [0.1, 0.15) is 0 Å². The van der Waals surface area contributed by atoms with Gasteiger partial charge in [-0.15, -0.1) is 0 Å². The maximum Gasteiger partial charge on any atom is 0.241 e. The lowest BCUT2D eigenvalue weighted by Gasteiger charge is -2.05. The molecular formula is C11H13N3O4S. The molecule has 2 aromatic rings. The van der Waals surface area contributed by atoms with Crippen molar-refractivity contribution < 1.29 is 18.0 Å². The summed E-state index contributed by atoms with van der Waals surface area (Å²) in [5.41, 5.74) is 0.525. The molecule has 2 rings (SSSR count). The van der Waals surface area contributed by atoms with Crippen LogP contribution in [0.1, 0.15) is 17.3 Å². The van der Waals surface area contributed by atoms with Crippen LogP contribution in [0.25, 0.3) is 0 Å². The summed E-state index contributed by atoms with van der Waals surface area (Å²) in [4.78, 5) is 3.98. The van der Waals surface area contributed by atoms with Gasteiger partial charge >= 0.3 is 0 Å². The van der Waals surface area contributed by atoms with Crippen molar-refractivity contribution in [1.82, 2.24) is 14.9 Å². The number of aromatic nitrogens is 2. The molecule has 0 atom stereocenters. The topological polar surface area (TPSA) is 105 Å². The molecule has 0 aliphatic rings. The summed E-state index contributed by atoms with van der Waals surface area (Å²) >= 11 is 0. The number of aryl methyl sites for hydroxylation is 1. The minimum atomic E-state index is -3.67. The van der Waals surface area contributed by atoms with Crippen molar-refractivity contribution in [2.45, 2.75) is 25.0 Å². The van der Waals surface area contributed by atoms with Crippen LogP contribution < -0.4 is 4.72 Å². The fourth-order valence-electron chi connectivity index (χ4n) is 1.46. The fourth-order valence-corrected chi connectivity index (χ4v) is 2.51. The fraction of sp³-hybridized carbons (Fsp3) is 0.273. The molecule has 1 aromatic carbocycles. The molecule has 0 saturated carbocycles. The van der Waals surface area contributed by atoms with Crippen LogP contribution in [0, 0.1) is 6.92 Å². The molecule has 19 heavy (non-hydrogen) atoms. The van der Waals surface area contributed by atoms with E-state index in [0.29, 0.717) is 11.4 Å². The standard InChI is InChI=1S/C11H13N3O4S/c1-8-13-11(18-14-8)6-12-19(16,17)10-4-2-3-9(5-10)7-15/h2-5,12,15H,6-7H2,1H3. The zero-order valence-corrected chi connectivity index (χ0v) is 11.0. The van der Waals surface area contributed by atoms with Gasteiger partial charge in [-0.3, -0.25) is 0 Å². The third-order valence-corrected chi connectivity index (χ3v) is 3.77. The van der Waals surface area contributed by atoms with Gasteiger partial charge < -0.3 is 9.63 Å². The van der Waals surface area contributed by atoms with Gasteiger partial charge in [0, 0.05) is 0 Å². The van der Waals surface area contributed by atoms with E-state index in [1.807, 2.05) is 0 Å². The summed E-state index contributed by atoms with van der Waals surface area (Å²) in [7, 11) is -3.67. The Bertz CT molecular complexity index is 666. The summed E-state index contributed by atoms with van der Waals surface area (Å²) in [6, 6.07) is 6.05. The first kappa shape index (κ1) is 13.7. The number of hydrogen-bond acceptors (Lipinski definition) is 6. The molecule has 0 aliphatic carbocycles. The van der Waals surface area contributed by atoms with Crippen LogP contribution in [-0.4, -0.2) is 23.7 Å². The molecule has 0 saturated heterocycles. The Morgan fingerprint density at radius 1 is 1.42 bits per heavy atom.